The first-order valence-electron chi connectivity index (χ1n) is 9.54. The van der Waals surface area contributed by atoms with Crippen molar-refractivity contribution in [3.8, 4) is 0 Å². The second kappa shape index (κ2) is 10.4. The van der Waals surface area contributed by atoms with Gasteiger partial charge in [0.15, 0.2) is 0 Å². The van der Waals surface area contributed by atoms with Crippen LogP contribution in [0.4, 0.5) is 13.2 Å². The van der Waals surface area contributed by atoms with E-state index in [1.54, 1.807) is 48.5 Å². The number of ether oxygens (including phenoxy) is 2. The van der Waals surface area contributed by atoms with Gasteiger partial charge in [-0.3, -0.25) is 5.32 Å². The standard InChI is InChI=1S/C23H26F3NO3/c1-4-19(17-12-8-6-9-13-17)22(23(24,25)26,21(28)30-5-2)27-20(16-29-3)18-14-10-7-11-15-18/h4,6-15,19-20,27H,1,5,16H2,2-3H3/t19-,20+,22-/m1/s1. The molecule has 0 radical (unpaired) electrons. The molecule has 0 saturated carbocycles. The summed E-state index contributed by atoms with van der Waals surface area (Å²) in [5.41, 5.74) is -2.23. The monoisotopic (exact) mass is 421 g/mol. The van der Waals surface area contributed by atoms with Gasteiger partial charge in [0.05, 0.1) is 19.3 Å². The summed E-state index contributed by atoms with van der Waals surface area (Å²) >= 11 is 0. The van der Waals surface area contributed by atoms with Gasteiger partial charge in [-0.2, -0.15) is 13.2 Å². The van der Waals surface area contributed by atoms with E-state index in [0.29, 0.717) is 5.56 Å². The van der Waals surface area contributed by atoms with Crippen LogP contribution in [0.2, 0.25) is 0 Å². The highest BCUT2D eigenvalue weighted by Gasteiger charge is 2.66. The van der Waals surface area contributed by atoms with Gasteiger partial charge < -0.3 is 9.47 Å². The Morgan fingerprint density at radius 2 is 1.60 bits per heavy atom. The van der Waals surface area contributed by atoms with Crippen molar-refractivity contribution in [1.82, 2.24) is 5.32 Å². The number of hydrogen-bond acceptors (Lipinski definition) is 4. The number of esters is 1. The number of hydrogen-bond donors (Lipinski definition) is 1. The van der Waals surface area contributed by atoms with Crippen LogP contribution in [0.25, 0.3) is 0 Å². The van der Waals surface area contributed by atoms with Gasteiger partial charge in [-0.15, -0.1) is 6.58 Å². The Morgan fingerprint density at radius 3 is 2.03 bits per heavy atom. The van der Waals surface area contributed by atoms with Crippen molar-refractivity contribution in [2.45, 2.75) is 30.6 Å². The summed E-state index contributed by atoms with van der Waals surface area (Å²) in [6, 6.07) is 15.6. The largest absolute Gasteiger partial charge is 0.464 e. The zero-order valence-electron chi connectivity index (χ0n) is 17.0. The van der Waals surface area contributed by atoms with E-state index in [1.807, 2.05) is 0 Å². The number of alkyl halides is 3. The van der Waals surface area contributed by atoms with Crippen LogP contribution in [0.3, 0.4) is 0 Å². The van der Waals surface area contributed by atoms with E-state index in [0.717, 1.165) is 6.08 Å². The maximum absolute atomic E-state index is 14.7. The third-order valence-electron chi connectivity index (χ3n) is 4.84. The van der Waals surface area contributed by atoms with E-state index in [-0.39, 0.29) is 18.8 Å². The molecule has 0 aliphatic carbocycles. The van der Waals surface area contributed by atoms with Crippen LogP contribution < -0.4 is 5.32 Å². The van der Waals surface area contributed by atoms with Gasteiger partial charge in [0.1, 0.15) is 0 Å². The molecule has 0 amide bonds. The molecule has 2 aromatic carbocycles. The maximum Gasteiger partial charge on any atom is 0.418 e. The highest BCUT2D eigenvalue weighted by atomic mass is 19.4. The zero-order chi connectivity index (χ0) is 22.2. The zero-order valence-corrected chi connectivity index (χ0v) is 17.0. The van der Waals surface area contributed by atoms with Gasteiger partial charge >= 0.3 is 12.1 Å². The van der Waals surface area contributed by atoms with Crippen LogP contribution in [-0.4, -0.2) is 38.0 Å². The SMILES string of the molecule is C=C[C@H](c1ccccc1)[C@@](N[C@@H](COC)c1ccccc1)(C(=O)OCC)C(F)(F)F. The number of methoxy groups -OCH3 is 1. The molecule has 0 heterocycles. The molecule has 3 atom stereocenters. The lowest BCUT2D eigenvalue weighted by molar-refractivity contribution is -0.219. The van der Waals surface area contributed by atoms with Crippen LogP contribution in [0.15, 0.2) is 73.3 Å². The average molecular weight is 421 g/mol. The Morgan fingerprint density at radius 1 is 1.07 bits per heavy atom. The van der Waals surface area contributed by atoms with Gasteiger partial charge in [-0.05, 0) is 18.1 Å². The number of carbonyl (C=O) groups is 1. The van der Waals surface area contributed by atoms with Crippen molar-refractivity contribution >= 4 is 5.97 Å². The Bertz CT molecular complexity index is 811. The second-order valence-electron chi connectivity index (χ2n) is 6.71. The van der Waals surface area contributed by atoms with Gasteiger partial charge in [-0.25, -0.2) is 4.79 Å². The van der Waals surface area contributed by atoms with E-state index in [4.69, 9.17) is 9.47 Å². The highest BCUT2D eigenvalue weighted by molar-refractivity contribution is 5.84. The number of carbonyl (C=O) groups excluding carboxylic acids is 1. The van der Waals surface area contributed by atoms with E-state index in [9.17, 15) is 18.0 Å². The molecule has 0 saturated heterocycles. The molecule has 2 aromatic rings. The Labute approximate surface area is 174 Å². The Balaban J connectivity index is 2.69. The summed E-state index contributed by atoms with van der Waals surface area (Å²) in [5, 5.41) is 2.56. The molecule has 0 unspecified atom stereocenters. The van der Waals surface area contributed by atoms with Crippen LogP contribution in [0.1, 0.15) is 30.0 Å². The van der Waals surface area contributed by atoms with Crippen LogP contribution in [0, 0.1) is 0 Å². The fourth-order valence-corrected chi connectivity index (χ4v) is 3.47. The third kappa shape index (κ3) is 4.91. The normalized spacial score (nSPS) is 15.6. The molecular weight excluding hydrogens is 395 g/mol. The molecule has 162 valence electrons. The summed E-state index contributed by atoms with van der Waals surface area (Å²) in [5.74, 6) is -2.84. The number of benzene rings is 2. The van der Waals surface area contributed by atoms with Crippen LogP contribution in [0.5, 0.6) is 0 Å². The first-order chi connectivity index (χ1) is 14.3. The Kier molecular flexibility index (Phi) is 8.20. The molecule has 4 nitrogen and oxygen atoms in total. The number of rotatable bonds is 10. The van der Waals surface area contributed by atoms with Gasteiger partial charge in [0, 0.05) is 13.0 Å². The summed E-state index contributed by atoms with van der Waals surface area (Å²) in [6.45, 7) is 4.79. The van der Waals surface area contributed by atoms with Crippen molar-refractivity contribution in [1.29, 1.82) is 0 Å². The van der Waals surface area contributed by atoms with E-state index in [1.165, 1.54) is 26.2 Å². The summed E-state index contributed by atoms with van der Waals surface area (Å²) in [6.07, 6.45) is -3.86. The minimum atomic E-state index is -4.99. The van der Waals surface area contributed by atoms with E-state index in [2.05, 4.69) is 11.9 Å². The molecular formula is C23H26F3NO3. The molecule has 0 aliphatic heterocycles. The number of nitrogens with one attached hydrogen (secondary N) is 1. The lowest BCUT2D eigenvalue weighted by Crippen LogP contribution is -2.67. The van der Waals surface area contributed by atoms with Gasteiger partial charge in [0.25, 0.3) is 0 Å². The van der Waals surface area contributed by atoms with Gasteiger partial charge in [0.2, 0.25) is 5.54 Å². The molecule has 0 aliphatic rings. The molecule has 0 spiro atoms. The van der Waals surface area contributed by atoms with Crippen LogP contribution in [-0.2, 0) is 14.3 Å². The highest BCUT2D eigenvalue weighted by Crippen LogP contribution is 2.44. The minimum Gasteiger partial charge on any atom is -0.464 e. The molecule has 7 heteroatoms. The van der Waals surface area contributed by atoms with E-state index < -0.39 is 29.6 Å². The molecule has 0 fully saturated rings. The summed E-state index contributed by atoms with van der Waals surface area (Å²) < 4.78 is 54.3. The first kappa shape index (κ1) is 23.6. The Hall–Kier alpha value is -2.64. The predicted molar refractivity (Wildman–Crippen MR) is 109 cm³/mol. The number of halogens is 3. The molecule has 30 heavy (non-hydrogen) atoms. The average Bonchev–Trinajstić information content (AvgIpc) is 2.73. The van der Waals surface area contributed by atoms with E-state index >= 15 is 0 Å². The van der Waals surface area contributed by atoms with Crippen LogP contribution >= 0.6 is 0 Å². The quantitative estimate of drug-likeness (QED) is 0.442. The van der Waals surface area contributed by atoms with Crippen molar-refractivity contribution in [3.63, 3.8) is 0 Å². The fourth-order valence-electron chi connectivity index (χ4n) is 3.47. The molecule has 1 N–H and O–H groups in total. The topological polar surface area (TPSA) is 47.6 Å². The van der Waals surface area contributed by atoms with Crippen molar-refractivity contribution in [2.24, 2.45) is 0 Å². The van der Waals surface area contributed by atoms with Gasteiger partial charge in [-0.1, -0.05) is 66.7 Å². The fraction of sp³-hybridized carbons (Fsp3) is 0.348. The molecule has 0 aromatic heterocycles. The smallest absolute Gasteiger partial charge is 0.418 e. The second-order valence-corrected chi connectivity index (χ2v) is 6.71. The lowest BCUT2D eigenvalue weighted by atomic mass is 9.77. The minimum absolute atomic E-state index is 0.0834. The lowest BCUT2D eigenvalue weighted by Gasteiger charge is -2.42. The molecule has 0 bridgehead atoms. The van der Waals surface area contributed by atoms with Crippen molar-refractivity contribution < 1.29 is 27.4 Å². The maximum atomic E-state index is 14.7. The summed E-state index contributed by atoms with van der Waals surface area (Å²) in [7, 11) is 1.39. The predicted octanol–water partition coefficient (Wildman–Crippen LogP) is 4.80. The summed E-state index contributed by atoms with van der Waals surface area (Å²) in [4.78, 5) is 13.0. The van der Waals surface area contributed by atoms with Crippen molar-refractivity contribution in [2.75, 3.05) is 20.3 Å². The first-order valence-corrected chi connectivity index (χ1v) is 9.54. The third-order valence-corrected chi connectivity index (χ3v) is 4.84. The molecule has 2 rings (SSSR count). The van der Waals surface area contributed by atoms with Crippen molar-refractivity contribution in [3.05, 3.63) is 84.4 Å².